The van der Waals surface area contributed by atoms with Gasteiger partial charge < -0.3 is 5.32 Å². The highest BCUT2D eigenvalue weighted by Crippen LogP contribution is 2.29. The zero-order chi connectivity index (χ0) is 8.60. The Morgan fingerprint density at radius 1 is 1.31 bits per heavy atom. The highest BCUT2D eigenvalue weighted by Gasteiger charge is 2.38. The molecule has 72 valence electrons. The Kier molecular flexibility index (Phi) is 2.88. The van der Waals surface area contributed by atoms with Gasteiger partial charge >= 0.3 is 0 Å². The maximum atomic E-state index is 13.6. The van der Waals surface area contributed by atoms with Crippen molar-refractivity contribution >= 4 is 12.4 Å². The van der Waals surface area contributed by atoms with Gasteiger partial charge in [0.05, 0.1) is 0 Å². The molecule has 1 saturated heterocycles. The fourth-order valence-electron chi connectivity index (χ4n) is 1.32. The van der Waals surface area contributed by atoms with E-state index in [1.54, 1.807) is 6.07 Å². The lowest BCUT2D eigenvalue weighted by Crippen LogP contribution is -2.53. The van der Waals surface area contributed by atoms with Gasteiger partial charge in [0.1, 0.15) is 5.82 Å². The molecule has 0 saturated carbocycles. The Bertz CT molecular complexity index is 299. The molecule has 0 spiro atoms. The van der Waals surface area contributed by atoms with Crippen LogP contribution in [-0.2, 0) is 5.67 Å². The highest BCUT2D eigenvalue weighted by molar-refractivity contribution is 5.85. The van der Waals surface area contributed by atoms with Gasteiger partial charge in [-0.25, -0.2) is 8.78 Å². The minimum atomic E-state index is -1.35. The first-order valence-electron chi connectivity index (χ1n) is 3.86. The smallest absolute Gasteiger partial charge is 0.160 e. The van der Waals surface area contributed by atoms with E-state index in [9.17, 15) is 8.78 Å². The van der Waals surface area contributed by atoms with Crippen molar-refractivity contribution in [1.29, 1.82) is 0 Å². The molecule has 0 unspecified atom stereocenters. The summed E-state index contributed by atoms with van der Waals surface area (Å²) < 4.78 is 26.3. The summed E-state index contributed by atoms with van der Waals surface area (Å²) in [6, 6.07) is 5.72. The Morgan fingerprint density at radius 2 is 2.00 bits per heavy atom. The fourth-order valence-corrected chi connectivity index (χ4v) is 1.32. The van der Waals surface area contributed by atoms with Crippen LogP contribution in [0.3, 0.4) is 0 Å². The third-order valence-electron chi connectivity index (χ3n) is 2.15. The summed E-state index contributed by atoms with van der Waals surface area (Å²) in [5.74, 6) is -0.378. The first kappa shape index (κ1) is 10.4. The molecule has 0 amide bonds. The van der Waals surface area contributed by atoms with Gasteiger partial charge in [-0.15, -0.1) is 12.4 Å². The normalized spacial score (nSPS) is 18.6. The van der Waals surface area contributed by atoms with Crippen LogP contribution in [-0.4, -0.2) is 13.1 Å². The average molecular weight is 206 g/mol. The molecule has 0 aromatic heterocycles. The van der Waals surface area contributed by atoms with E-state index in [4.69, 9.17) is 0 Å². The van der Waals surface area contributed by atoms with E-state index in [0.717, 1.165) is 0 Å². The van der Waals surface area contributed by atoms with E-state index in [1.165, 1.54) is 18.2 Å². The number of halogens is 3. The zero-order valence-corrected chi connectivity index (χ0v) is 7.70. The predicted octanol–water partition coefficient (Wildman–Crippen LogP) is 2.02. The Balaban J connectivity index is 0.000000845. The molecule has 1 aliphatic rings. The van der Waals surface area contributed by atoms with Crippen LogP contribution in [0.5, 0.6) is 0 Å². The van der Waals surface area contributed by atoms with Crippen LogP contribution in [0.25, 0.3) is 0 Å². The molecular weight excluding hydrogens is 196 g/mol. The SMILES string of the molecule is Cl.Fc1cccc(C2(F)CNC2)c1. The molecule has 0 atom stereocenters. The first-order chi connectivity index (χ1) is 5.71. The van der Waals surface area contributed by atoms with E-state index >= 15 is 0 Å². The average Bonchev–Trinajstić information content (AvgIpc) is 2.00. The van der Waals surface area contributed by atoms with E-state index in [-0.39, 0.29) is 31.3 Å². The van der Waals surface area contributed by atoms with Crippen molar-refractivity contribution in [3.8, 4) is 0 Å². The van der Waals surface area contributed by atoms with Gasteiger partial charge in [-0.05, 0) is 17.7 Å². The summed E-state index contributed by atoms with van der Waals surface area (Å²) in [5.41, 5.74) is -0.913. The molecule has 0 bridgehead atoms. The number of hydrogen-bond acceptors (Lipinski definition) is 1. The number of rotatable bonds is 1. The summed E-state index contributed by atoms with van der Waals surface area (Å²) in [6.07, 6.45) is 0. The van der Waals surface area contributed by atoms with Crippen molar-refractivity contribution in [2.24, 2.45) is 0 Å². The molecule has 0 aliphatic carbocycles. The highest BCUT2D eigenvalue weighted by atomic mass is 35.5. The van der Waals surface area contributed by atoms with Gasteiger partial charge in [0.2, 0.25) is 0 Å². The maximum absolute atomic E-state index is 13.6. The summed E-state index contributed by atoms with van der Waals surface area (Å²) >= 11 is 0. The second-order valence-electron chi connectivity index (χ2n) is 3.08. The number of nitrogens with one attached hydrogen (secondary N) is 1. The van der Waals surface area contributed by atoms with E-state index in [2.05, 4.69) is 5.32 Å². The van der Waals surface area contributed by atoms with Crippen molar-refractivity contribution in [3.63, 3.8) is 0 Å². The van der Waals surface area contributed by atoms with Crippen molar-refractivity contribution in [1.82, 2.24) is 5.32 Å². The Labute approximate surface area is 81.6 Å². The fraction of sp³-hybridized carbons (Fsp3) is 0.333. The van der Waals surface area contributed by atoms with Crippen molar-refractivity contribution < 1.29 is 8.78 Å². The minimum absolute atomic E-state index is 0. The molecule has 1 aromatic rings. The van der Waals surface area contributed by atoms with E-state index in [1.807, 2.05) is 0 Å². The number of alkyl halides is 1. The summed E-state index contributed by atoms with van der Waals surface area (Å²) in [4.78, 5) is 0. The number of benzene rings is 1. The third kappa shape index (κ3) is 1.81. The Morgan fingerprint density at radius 3 is 2.46 bits per heavy atom. The largest absolute Gasteiger partial charge is 0.310 e. The maximum Gasteiger partial charge on any atom is 0.160 e. The van der Waals surface area contributed by atoms with Gasteiger partial charge in [0.25, 0.3) is 0 Å². The summed E-state index contributed by atoms with van der Waals surface area (Å²) in [7, 11) is 0. The summed E-state index contributed by atoms with van der Waals surface area (Å²) in [6.45, 7) is 0.576. The van der Waals surface area contributed by atoms with Gasteiger partial charge in [-0.1, -0.05) is 12.1 Å². The molecular formula is C9H10ClF2N. The van der Waals surface area contributed by atoms with Crippen molar-refractivity contribution in [2.75, 3.05) is 13.1 Å². The predicted molar refractivity (Wildman–Crippen MR) is 49.3 cm³/mol. The van der Waals surface area contributed by atoms with Crippen LogP contribution in [0.2, 0.25) is 0 Å². The van der Waals surface area contributed by atoms with Gasteiger partial charge in [0, 0.05) is 13.1 Å². The molecule has 0 radical (unpaired) electrons. The zero-order valence-electron chi connectivity index (χ0n) is 6.89. The second-order valence-corrected chi connectivity index (χ2v) is 3.08. The quantitative estimate of drug-likeness (QED) is 0.740. The van der Waals surface area contributed by atoms with E-state index in [0.29, 0.717) is 5.56 Å². The van der Waals surface area contributed by atoms with Crippen LogP contribution in [0.4, 0.5) is 8.78 Å². The second kappa shape index (κ2) is 3.60. The van der Waals surface area contributed by atoms with Gasteiger partial charge in [0.15, 0.2) is 5.67 Å². The van der Waals surface area contributed by atoms with E-state index < -0.39 is 5.67 Å². The lowest BCUT2D eigenvalue weighted by Gasteiger charge is -2.35. The summed E-state index contributed by atoms with van der Waals surface area (Å²) in [5, 5.41) is 2.82. The van der Waals surface area contributed by atoms with Crippen molar-refractivity contribution in [2.45, 2.75) is 5.67 Å². The Hall–Kier alpha value is -0.670. The van der Waals surface area contributed by atoms with Crippen LogP contribution in [0.1, 0.15) is 5.56 Å². The molecule has 1 aliphatic heterocycles. The molecule has 1 fully saturated rings. The van der Waals surface area contributed by atoms with Gasteiger partial charge in [-0.2, -0.15) is 0 Å². The molecule has 13 heavy (non-hydrogen) atoms. The third-order valence-corrected chi connectivity index (χ3v) is 2.15. The number of hydrogen-bond donors (Lipinski definition) is 1. The van der Waals surface area contributed by atoms with Crippen LogP contribution >= 0.6 is 12.4 Å². The van der Waals surface area contributed by atoms with Crippen LogP contribution in [0.15, 0.2) is 24.3 Å². The van der Waals surface area contributed by atoms with Crippen LogP contribution in [0, 0.1) is 5.82 Å². The van der Waals surface area contributed by atoms with Crippen LogP contribution < -0.4 is 5.32 Å². The first-order valence-corrected chi connectivity index (χ1v) is 3.86. The lowest BCUT2D eigenvalue weighted by atomic mass is 9.90. The molecule has 1 N–H and O–H groups in total. The molecule has 2 rings (SSSR count). The van der Waals surface area contributed by atoms with Gasteiger partial charge in [-0.3, -0.25) is 0 Å². The standard InChI is InChI=1S/C9H9F2N.ClH/c10-8-3-1-2-7(4-8)9(11)5-12-6-9;/h1-4,12H,5-6H2;1H. The molecule has 1 heterocycles. The minimum Gasteiger partial charge on any atom is -0.310 e. The monoisotopic (exact) mass is 205 g/mol. The molecule has 1 nitrogen and oxygen atoms in total. The lowest BCUT2D eigenvalue weighted by molar-refractivity contribution is 0.0888. The topological polar surface area (TPSA) is 12.0 Å². The van der Waals surface area contributed by atoms with Crippen molar-refractivity contribution in [3.05, 3.63) is 35.6 Å². The molecule has 1 aromatic carbocycles. The molecule has 4 heteroatoms.